The number of nitrogens with zero attached hydrogens (tertiary/aromatic N) is 3. The second-order valence-electron chi connectivity index (χ2n) is 5.83. The summed E-state index contributed by atoms with van der Waals surface area (Å²) in [6.07, 6.45) is 2.72. The number of hydrogen-bond donors (Lipinski definition) is 1. The molecule has 4 nitrogen and oxygen atoms in total. The average molecular weight is 264 g/mol. The molecular weight excluding hydrogens is 236 g/mol. The normalized spacial score (nSPS) is 11.7. The van der Waals surface area contributed by atoms with Crippen LogP contribution in [0.15, 0.2) is 18.3 Å². The van der Waals surface area contributed by atoms with Gasteiger partial charge in [0.25, 0.3) is 0 Å². The summed E-state index contributed by atoms with van der Waals surface area (Å²) in [5, 5.41) is 0. The molecule has 0 aliphatic rings. The quantitative estimate of drug-likeness (QED) is 0.776. The molecule has 4 heteroatoms. The van der Waals surface area contributed by atoms with Crippen molar-refractivity contribution < 1.29 is 0 Å². The summed E-state index contributed by atoms with van der Waals surface area (Å²) in [5.41, 5.74) is 7.50. The molecule has 1 aromatic rings. The van der Waals surface area contributed by atoms with Crippen LogP contribution in [0.4, 0.5) is 5.69 Å². The molecule has 0 aliphatic heterocycles. The number of nitrogen functional groups attached to an aromatic ring is 1. The van der Waals surface area contributed by atoms with Gasteiger partial charge in [-0.05, 0) is 32.1 Å². The lowest BCUT2D eigenvalue weighted by molar-refractivity contribution is 0.220. The van der Waals surface area contributed by atoms with E-state index < -0.39 is 0 Å². The van der Waals surface area contributed by atoms with Crippen molar-refractivity contribution in [1.29, 1.82) is 0 Å². The molecule has 0 atom stereocenters. The first-order valence-electron chi connectivity index (χ1n) is 7.05. The van der Waals surface area contributed by atoms with Crippen molar-refractivity contribution in [2.75, 3.05) is 46.0 Å². The van der Waals surface area contributed by atoms with Gasteiger partial charge >= 0.3 is 0 Å². The topological polar surface area (TPSA) is 45.4 Å². The van der Waals surface area contributed by atoms with Crippen molar-refractivity contribution in [3.63, 3.8) is 0 Å². The monoisotopic (exact) mass is 264 g/mol. The van der Waals surface area contributed by atoms with Crippen LogP contribution in [0.1, 0.15) is 19.5 Å². The number of pyridine rings is 1. The van der Waals surface area contributed by atoms with Crippen LogP contribution >= 0.6 is 0 Å². The predicted molar refractivity (Wildman–Crippen MR) is 82.2 cm³/mol. The Morgan fingerprint density at radius 1 is 1.16 bits per heavy atom. The molecule has 0 fully saturated rings. The molecule has 0 aliphatic carbocycles. The van der Waals surface area contributed by atoms with E-state index in [2.05, 4.69) is 42.7 Å². The Morgan fingerprint density at radius 2 is 1.89 bits per heavy atom. The Labute approximate surface area is 117 Å². The minimum Gasteiger partial charge on any atom is -0.397 e. The van der Waals surface area contributed by atoms with Crippen molar-refractivity contribution in [3.8, 4) is 0 Å². The summed E-state index contributed by atoms with van der Waals surface area (Å²) in [4.78, 5) is 9.11. The van der Waals surface area contributed by atoms with E-state index in [1.54, 1.807) is 6.20 Å². The van der Waals surface area contributed by atoms with Crippen LogP contribution < -0.4 is 5.73 Å². The van der Waals surface area contributed by atoms with Gasteiger partial charge in [-0.1, -0.05) is 13.8 Å². The van der Waals surface area contributed by atoms with Gasteiger partial charge in [0.1, 0.15) is 0 Å². The van der Waals surface area contributed by atoms with Crippen molar-refractivity contribution in [3.05, 3.63) is 24.0 Å². The van der Waals surface area contributed by atoms with Gasteiger partial charge in [-0.15, -0.1) is 0 Å². The molecule has 0 spiro atoms. The summed E-state index contributed by atoms with van der Waals surface area (Å²) in [6, 6.07) is 3.95. The van der Waals surface area contributed by atoms with E-state index in [1.165, 1.54) is 0 Å². The standard InChI is InChI=1S/C15H28N4/c1-13(2)12-19(10-9-18(3)4)8-7-15-6-5-14(16)11-17-15/h5-6,11,13H,7-10,12,16H2,1-4H3. The molecule has 1 rings (SSSR count). The van der Waals surface area contributed by atoms with E-state index >= 15 is 0 Å². The van der Waals surface area contributed by atoms with Crippen molar-refractivity contribution in [2.24, 2.45) is 5.92 Å². The molecular formula is C15H28N4. The molecule has 19 heavy (non-hydrogen) atoms. The van der Waals surface area contributed by atoms with Gasteiger partial charge in [-0.25, -0.2) is 0 Å². The van der Waals surface area contributed by atoms with Crippen LogP contribution in [0, 0.1) is 5.92 Å². The highest BCUT2D eigenvalue weighted by atomic mass is 15.2. The third-order valence-corrected chi connectivity index (χ3v) is 3.02. The van der Waals surface area contributed by atoms with Crippen LogP contribution in [0.3, 0.4) is 0 Å². The maximum Gasteiger partial charge on any atom is 0.0501 e. The highest BCUT2D eigenvalue weighted by molar-refractivity contribution is 5.34. The Kier molecular flexibility index (Phi) is 6.81. The van der Waals surface area contributed by atoms with Gasteiger partial charge < -0.3 is 15.5 Å². The van der Waals surface area contributed by atoms with Gasteiger partial charge in [-0.3, -0.25) is 4.98 Å². The van der Waals surface area contributed by atoms with E-state index in [4.69, 9.17) is 5.73 Å². The fraction of sp³-hybridized carbons (Fsp3) is 0.667. The average Bonchev–Trinajstić information content (AvgIpc) is 2.34. The molecule has 1 heterocycles. The summed E-state index contributed by atoms with van der Waals surface area (Å²) in [7, 11) is 4.24. The maximum atomic E-state index is 5.65. The number of likely N-dealkylation sites (N-methyl/N-ethyl adjacent to an activating group) is 1. The Morgan fingerprint density at radius 3 is 2.42 bits per heavy atom. The molecule has 0 saturated carbocycles. The number of aromatic nitrogens is 1. The van der Waals surface area contributed by atoms with Crippen molar-refractivity contribution in [2.45, 2.75) is 20.3 Å². The third-order valence-electron chi connectivity index (χ3n) is 3.02. The van der Waals surface area contributed by atoms with Crippen LogP contribution in [-0.4, -0.2) is 55.1 Å². The van der Waals surface area contributed by atoms with Gasteiger partial charge in [0.15, 0.2) is 0 Å². The zero-order valence-electron chi connectivity index (χ0n) is 12.8. The van der Waals surface area contributed by atoms with E-state index in [0.717, 1.165) is 44.0 Å². The van der Waals surface area contributed by atoms with Crippen LogP contribution in [0.5, 0.6) is 0 Å². The minimum absolute atomic E-state index is 0.696. The SMILES string of the molecule is CC(C)CN(CCc1ccc(N)cn1)CCN(C)C. The Hall–Kier alpha value is -1.13. The number of nitrogens with two attached hydrogens (primary N) is 1. The van der Waals surface area contributed by atoms with Crippen LogP contribution in [-0.2, 0) is 6.42 Å². The molecule has 0 saturated heterocycles. The first-order chi connectivity index (χ1) is 8.97. The maximum absolute atomic E-state index is 5.65. The van der Waals surface area contributed by atoms with Crippen molar-refractivity contribution in [1.82, 2.24) is 14.8 Å². The summed E-state index contributed by atoms with van der Waals surface area (Å²) in [5.74, 6) is 0.696. The molecule has 0 bridgehead atoms. The molecule has 108 valence electrons. The van der Waals surface area contributed by atoms with Crippen LogP contribution in [0.2, 0.25) is 0 Å². The highest BCUT2D eigenvalue weighted by Crippen LogP contribution is 2.05. The van der Waals surface area contributed by atoms with Crippen LogP contribution in [0.25, 0.3) is 0 Å². The smallest absolute Gasteiger partial charge is 0.0501 e. The Balaban J connectivity index is 2.44. The lowest BCUT2D eigenvalue weighted by Gasteiger charge is -2.25. The first kappa shape index (κ1) is 15.9. The molecule has 0 radical (unpaired) electrons. The number of hydrogen-bond acceptors (Lipinski definition) is 4. The van der Waals surface area contributed by atoms with Gasteiger partial charge in [0.2, 0.25) is 0 Å². The second-order valence-corrected chi connectivity index (χ2v) is 5.83. The lowest BCUT2D eigenvalue weighted by atomic mass is 10.2. The molecule has 0 unspecified atom stereocenters. The molecule has 0 amide bonds. The summed E-state index contributed by atoms with van der Waals surface area (Å²) < 4.78 is 0. The number of rotatable bonds is 8. The van der Waals surface area contributed by atoms with Gasteiger partial charge in [0, 0.05) is 38.3 Å². The second kappa shape index (κ2) is 8.12. The fourth-order valence-corrected chi connectivity index (χ4v) is 2.01. The van der Waals surface area contributed by atoms with Gasteiger partial charge in [-0.2, -0.15) is 0 Å². The van der Waals surface area contributed by atoms with E-state index in [1.807, 2.05) is 12.1 Å². The summed E-state index contributed by atoms with van der Waals surface area (Å²) >= 11 is 0. The predicted octanol–water partition coefficient (Wildman–Crippen LogP) is 1.73. The van der Waals surface area contributed by atoms with E-state index in [0.29, 0.717) is 5.92 Å². The molecule has 0 aromatic carbocycles. The lowest BCUT2D eigenvalue weighted by Crippen LogP contribution is -2.35. The van der Waals surface area contributed by atoms with Crippen molar-refractivity contribution >= 4 is 5.69 Å². The minimum atomic E-state index is 0.696. The largest absolute Gasteiger partial charge is 0.397 e. The molecule has 2 N–H and O–H groups in total. The third kappa shape index (κ3) is 7.13. The highest BCUT2D eigenvalue weighted by Gasteiger charge is 2.08. The Bertz CT molecular complexity index is 346. The van der Waals surface area contributed by atoms with Gasteiger partial charge in [0.05, 0.1) is 11.9 Å². The fourth-order valence-electron chi connectivity index (χ4n) is 2.01. The zero-order valence-corrected chi connectivity index (χ0v) is 12.8. The molecule has 1 aromatic heterocycles. The van der Waals surface area contributed by atoms with E-state index in [-0.39, 0.29) is 0 Å². The zero-order chi connectivity index (χ0) is 14.3. The first-order valence-corrected chi connectivity index (χ1v) is 7.05. The van der Waals surface area contributed by atoms with E-state index in [9.17, 15) is 0 Å². The number of anilines is 1. The summed E-state index contributed by atoms with van der Waals surface area (Å²) in [6.45, 7) is 8.95.